The Labute approximate surface area is 76.2 Å². The molecule has 0 aliphatic heterocycles. The van der Waals surface area contributed by atoms with Crippen molar-refractivity contribution in [3.63, 3.8) is 0 Å². The third kappa shape index (κ3) is 9.50. The summed E-state index contributed by atoms with van der Waals surface area (Å²) in [6, 6.07) is 0. The summed E-state index contributed by atoms with van der Waals surface area (Å²) in [5.74, 6) is 0. The molecule has 0 spiro atoms. The smallest absolute Gasteiger partial charge is 0.0264 e. The molecule has 0 atom stereocenters. The number of nitrogens with one attached hydrogen (secondary N) is 1. The Morgan fingerprint density at radius 1 is 1.25 bits per heavy atom. The van der Waals surface area contributed by atoms with Crippen LogP contribution in [0.2, 0.25) is 0 Å². The van der Waals surface area contributed by atoms with Crippen molar-refractivity contribution in [3.8, 4) is 0 Å². The molecule has 0 heterocycles. The van der Waals surface area contributed by atoms with E-state index < -0.39 is 0 Å². The van der Waals surface area contributed by atoms with Crippen LogP contribution in [0, 0.1) is 0 Å². The normalized spacial score (nSPS) is 10.8. The molecule has 0 aromatic rings. The lowest BCUT2D eigenvalue weighted by Gasteiger charge is -1.96. The highest BCUT2D eigenvalue weighted by atomic mass is 14.8. The molecule has 2 heteroatoms. The first kappa shape index (κ1) is 11.5. The summed E-state index contributed by atoms with van der Waals surface area (Å²) in [6.07, 6.45) is 10.7. The topological polar surface area (TPSA) is 38.0 Å². The SMILES string of the molecule is CCCCCCC=CNCCN. The second kappa shape index (κ2) is 10.5. The highest BCUT2D eigenvalue weighted by molar-refractivity contribution is 4.78. The van der Waals surface area contributed by atoms with E-state index in [0.29, 0.717) is 6.54 Å². The fraction of sp³-hybridized carbons (Fsp3) is 0.800. The van der Waals surface area contributed by atoms with Crippen LogP contribution in [0.4, 0.5) is 0 Å². The van der Waals surface area contributed by atoms with Gasteiger partial charge in [0.1, 0.15) is 0 Å². The molecule has 0 aliphatic carbocycles. The third-order valence-corrected chi connectivity index (χ3v) is 1.75. The second-order valence-electron chi connectivity index (χ2n) is 2.99. The van der Waals surface area contributed by atoms with E-state index in [1.54, 1.807) is 0 Å². The number of unbranched alkanes of at least 4 members (excludes halogenated alkanes) is 4. The maximum absolute atomic E-state index is 5.31. The van der Waals surface area contributed by atoms with Gasteiger partial charge in [0.15, 0.2) is 0 Å². The van der Waals surface area contributed by atoms with Crippen LogP contribution in [0.1, 0.15) is 39.0 Å². The molecule has 2 nitrogen and oxygen atoms in total. The van der Waals surface area contributed by atoms with Gasteiger partial charge in [-0.05, 0) is 19.0 Å². The summed E-state index contributed by atoms with van der Waals surface area (Å²) in [5, 5.41) is 3.12. The second-order valence-corrected chi connectivity index (χ2v) is 2.99. The van der Waals surface area contributed by atoms with Crippen LogP contribution in [-0.4, -0.2) is 13.1 Å². The van der Waals surface area contributed by atoms with E-state index >= 15 is 0 Å². The van der Waals surface area contributed by atoms with Gasteiger partial charge in [0.05, 0.1) is 0 Å². The lowest BCUT2D eigenvalue weighted by atomic mass is 10.1. The molecule has 0 fully saturated rings. The monoisotopic (exact) mass is 170 g/mol. The van der Waals surface area contributed by atoms with Crippen LogP contribution in [0.25, 0.3) is 0 Å². The molecule has 0 amide bonds. The van der Waals surface area contributed by atoms with Gasteiger partial charge in [0.25, 0.3) is 0 Å². The van der Waals surface area contributed by atoms with Gasteiger partial charge in [-0.2, -0.15) is 0 Å². The van der Waals surface area contributed by atoms with Gasteiger partial charge < -0.3 is 11.1 Å². The van der Waals surface area contributed by atoms with Crippen molar-refractivity contribution in [2.24, 2.45) is 5.73 Å². The summed E-state index contributed by atoms with van der Waals surface area (Å²) in [7, 11) is 0. The van der Waals surface area contributed by atoms with Crippen molar-refractivity contribution in [2.45, 2.75) is 39.0 Å². The Bertz CT molecular complexity index is 100. The van der Waals surface area contributed by atoms with Gasteiger partial charge in [-0.15, -0.1) is 0 Å². The Kier molecular flexibility index (Phi) is 10.1. The first-order chi connectivity index (χ1) is 5.91. The molecular formula is C10H22N2. The summed E-state index contributed by atoms with van der Waals surface area (Å²) >= 11 is 0. The van der Waals surface area contributed by atoms with Crippen molar-refractivity contribution in [2.75, 3.05) is 13.1 Å². The maximum atomic E-state index is 5.31. The zero-order valence-electron chi connectivity index (χ0n) is 8.18. The highest BCUT2D eigenvalue weighted by Crippen LogP contribution is 2.02. The van der Waals surface area contributed by atoms with Crippen LogP contribution < -0.4 is 11.1 Å². The van der Waals surface area contributed by atoms with Crippen LogP contribution >= 0.6 is 0 Å². The van der Waals surface area contributed by atoms with Crippen molar-refractivity contribution >= 4 is 0 Å². The summed E-state index contributed by atoms with van der Waals surface area (Å²) in [6.45, 7) is 3.82. The maximum Gasteiger partial charge on any atom is 0.0264 e. The number of hydrogen-bond acceptors (Lipinski definition) is 2. The molecule has 12 heavy (non-hydrogen) atoms. The number of rotatable bonds is 8. The molecule has 72 valence electrons. The molecule has 3 N–H and O–H groups in total. The zero-order chi connectivity index (χ0) is 9.07. The van der Waals surface area contributed by atoms with Gasteiger partial charge >= 0.3 is 0 Å². The molecule has 0 radical (unpaired) electrons. The van der Waals surface area contributed by atoms with E-state index in [-0.39, 0.29) is 0 Å². The Hall–Kier alpha value is -0.500. The third-order valence-electron chi connectivity index (χ3n) is 1.75. The molecule has 0 bridgehead atoms. The minimum absolute atomic E-state index is 0.709. The van der Waals surface area contributed by atoms with Crippen LogP contribution in [0.5, 0.6) is 0 Å². The van der Waals surface area contributed by atoms with E-state index in [1.807, 2.05) is 6.20 Å². The zero-order valence-corrected chi connectivity index (χ0v) is 8.18. The summed E-state index contributed by atoms with van der Waals surface area (Å²) in [4.78, 5) is 0. The van der Waals surface area contributed by atoms with E-state index in [1.165, 1.54) is 32.1 Å². The summed E-state index contributed by atoms with van der Waals surface area (Å²) in [5.41, 5.74) is 5.31. The average molecular weight is 170 g/mol. The minimum atomic E-state index is 0.709. The first-order valence-electron chi connectivity index (χ1n) is 5.00. The Balaban J connectivity index is 2.92. The quantitative estimate of drug-likeness (QED) is 0.547. The molecule has 0 aromatic carbocycles. The van der Waals surface area contributed by atoms with E-state index in [4.69, 9.17) is 5.73 Å². The Morgan fingerprint density at radius 3 is 2.75 bits per heavy atom. The molecule has 0 aromatic heterocycles. The largest absolute Gasteiger partial charge is 0.390 e. The first-order valence-corrected chi connectivity index (χ1v) is 5.00. The molecule has 0 rings (SSSR count). The molecule has 0 aliphatic rings. The van der Waals surface area contributed by atoms with Gasteiger partial charge in [-0.25, -0.2) is 0 Å². The van der Waals surface area contributed by atoms with Gasteiger partial charge in [0.2, 0.25) is 0 Å². The number of hydrogen-bond donors (Lipinski definition) is 2. The molecule has 0 unspecified atom stereocenters. The Morgan fingerprint density at radius 2 is 2.08 bits per heavy atom. The highest BCUT2D eigenvalue weighted by Gasteiger charge is 1.83. The fourth-order valence-corrected chi connectivity index (χ4v) is 1.02. The van der Waals surface area contributed by atoms with Crippen molar-refractivity contribution < 1.29 is 0 Å². The van der Waals surface area contributed by atoms with Gasteiger partial charge in [-0.3, -0.25) is 0 Å². The average Bonchev–Trinajstić information content (AvgIpc) is 2.10. The standard InChI is InChI=1S/C10H22N2/c1-2-3-4-5-6-7-9-12-10-8-11/h7,9,12H,2-6,8,10-11H2,1H3. The fourth-order valence-electron chi connectivity index (χ4n) is 1.02. The van der Waals surface area contributed by atoms with Crippen molar-refractivity contribution in [1.82, 2.24) is 5.32 Å². The van der Waals surface area contributed by atoms with Crippen LogP contribution in [-0.2, 0) is 0 Å². The van der Waals surface area contributed by atoms with Crippen molar-refractivity contribution in [3.05, 3.63) is 12.3 Å². The van der Waals surface area contributed by atoms with Crippen LogP contribution in [0.3, 0.4) is 0 Å². The van der Waals surface area contributed by atoms with Crippen molar-refractivity contribution in [1.29, 1.82) is 0 Å². The molecule has 0 saturated carbocycles. The molecular weight excluding hydrogens is 148 g/mol. The van der Waals surface area contributed by atoms with E-state index in [9.17, 15) is 0 Å². The predicted octanol–water partition coefficient (Wildman–Crippen LogP) is 2.02. The van der Waals surface area contributed by atoms with Gasteiger partial charge in [0, 0.05) is 13.1 Å². The summed E-state index contributed by atoms with van der Waals surface area (Å²) < 4.78 is 0. The number of nitrogens with two attached hydrogens (primary N) is 1. The van der Waals surface area contributed by atoms with E-state index in [0.717, 1.165) is 6.54 Å². The van der Waals surface area contributed by atoms with Gasteiger partial charge in [-0.1, -0.05) is 32.3 Å². The minimum Gasteiger partial charge on any atom is -0.390 e. The lowest BCUT2D eigenvalue weighted by Crippen LogP contribution is -2.16. The predicted molar refractivity (Wildman–Crippen MR) is 55.0 cm³/mol. The number of allylic oxidation sites excluding steroid dienone is 1. The lowest BCUT2D eigenvalue weighted by molar-refractivity contribution is 0.673. The van der Waals surface area contributed by atoms with E-state index in [2.05, 4.69) is 18.3 Å². The molecule has 0 saturated heterocycles. The van der Waals surface area contributed by atoms with Crippen LogP contribution in [0.15, 0.2) is 12.3 Å².